The Labute approximate surface area is 112 Å². The van der Waals surface area contributed by atoms with Crippen LogP contribution in [0.2, 0.25) is 0 Å². The first-order valence-electron chi connectivity index (χ1n) is 5.85. The molecule has 2 heterocycles. The molecule has 0 spiro atoms. The van der Waals surface area contributed by atoms with E-state index >= 15 is 0 Å². The maximum atomic E-state index is 12.1. The molecule has 0 N–H and O–H groups in total. The van der Waals surface area contributed by atoms with E-state index < -0.39 is 0 Å². The lowest BCUT2D eigenvalue weighted by Gasteiger charge is -2.05. The third-order valence-electron chi connectivity index (χ3n) is 2.65. The van der Waals surface area contributed by atoms with Crippen LogP contribution in [-0.2, 0) is 0 Å². The van der Waals surface area contributed by atoms with Crippen LogP contribution in [0.4, 0.5) is 0 Å². The Balaban J connectivity index is 2.18. The predicted molar refractivity (Wildman–Crippen MR) is 73.5 cm³/mol. The van der Waals surface area contributed by atoms with Crippen molar-refractivity contribution >= 4 is 22.4 Å². The summed E-state index contributed by atoms with van der Waals surface area (Å²) >= 11 is 1.32. The average molecular weight is 273 g/mol. The second-order valence-electron chi connectivity index (χ2n) is 3.87. The van der Waals surface area contributed by atoms with Gasteiger partial charge in [0.25, 0.3) is 5.56 Å². The number of thiazole rings is 1. The molecule has 6 heteroatoms. The summed E-state index contributed by atoms with van der Waals surface area (Å²) in [6.45, 7) is 2.52. The van der Waals surface area contributed by atoms with Crippen molar-refractivity contribution in [1.29, 1.82) is 0 Å². The summed E-state index contributed by atoms with van der Waals surface area (Å²) in [5, 5.41) is 7.58. The Bertz CT molecular complexity index is 822. The summed E-state index contributed by atoms with van der Waals surface area (Å²) in [6.07, 6.45) is 3.26. The van der Waals surface area contributed by atoms with E-state index in [9.17, 15) is 4.79 Å². The van der Waals surface area contributed by atoms with Gasteiger partial charge in [0.05, 0.1) is 11.1 Å². The highest BCUT2D eigenvalue weighted by Crippen LogP contribution is 2.18. The first-order valence-corrected chi connectivity index (χ1v) is 6.67. The van der Waals surface area contributed by atoms with Gasteiger partial charge in [-0.2, -0.15) is 0 Å². The summed E-state index contributed by atoms with van der Waals surface area (Å²) in [7, 11) is 0. The van der Waals surface area contributed by atoms with Gasteiger partial charge >= 0.3 is 0 Å². The first-order chi connectivity index (χ1) is 9.29. The van der Waals surface area contributed by atoms with Crippen LogP contribution in [0.25, 0.3) is 11.0 Å². The van der Waals surface area contributed by atoms with Crippen LogP contribution in [0.15, 0.2) is 35.4 Å². The fraction of sp³-hybridized carbons (Fsp3) is 0.154. The first kappa shape index (κ1) is 11.9. The third-order valence-corrected chi connectivity index (χ3v) is 3.63. The molecule has 5 nitrogen and oxygen atoms in total. The molecule has 0 saturated carbocycles. The van der Waals surface area contributed by atoms with Crippen molar-refractivity contribution in [3.8, 4) is 5.75 Å². The van der Waals surface area contributed by atoms with E-state index in [0.29, 0.717) is 16.1 Å². The quantitative estimate of drug-likeness (QED) is 0.717. The number of hydrogen-bond acceptors (Lipinski definition) is 5. The van der Waals surface area contributed by atoms with Gasteiger partial charge in [-0.25, -0.2) is 4.40 Å². The smallest absolute Gasteiger partial charge is 0.275 e. The molecule has 0 amide bonds. The molecule has 1 aromatic carbocycles. The van der Waals surface area contributed by atoms with Crippen LogP contribution in [0.3, 0.4) is 0 Å². The summed E-state index contributed by atoms with van der Waals surface area (Å²) in [5.74, 6) is 0.772. The van der Waals surface area contributed by atoms with Crippen molar-refractivity contribution in [2.24, 2.45) is 0 Å². The van der Waals surface area contributed by atoms with Crippen LogP contribution >= 0.6 is 11.3 Å². The minimum absolute atomic E-state index is 0.101. The van der Waals surface area contributed by atoms with E-state index in [1.807, 2.05) is 37.3 Å². The fourth-order valence-electron chi connectivity index (χ4n) is 1.81. The highest BCUT2D eigenvalue weighted by molar-refractivity contribution is 7.15. The van der Waals surface area contributed by atoms with Gasteiger partial charge in [-0.1, -0.05) is 29.5 Å². The van der Waals surface area contributed by atoms with Gasteiger partial charge in [0.1, 0.15) is 12.1 Å². The summed E-state index contributed by atoms with van der Waals surface area (Å²) < 4.78 is 7.61. The van der Waals surface area contributed by atoms with Crippen LogP contribution in [0.1, 0.15) is 12.5 Å². The topological polar surface area (TPSA) is 56.5 Å². The van der Waals surface area contributed by atoms with Crippen molar-refractivity contribution < 1.29 is 4.74 Å². The van der Waals surface area contributed by atoms with Crippen molar-refractivity contribution in [1.82, 2.24) is 14.6 Å². The van der Waals surface area contributed by atoms with Crippen molar-refractivity contribution in [3.63, 3.8) is 0 Å². The Morgan fingerprint density at radius 2 is 2.26 bits per heavy atom. The summed E-state index contributed by atoms with van der Waals surface area (Å²) in [6, 6.07) is 7.63. The molecule has 3 rings (SSSR count). The Morgan fingerprint density at radius 1 is 1.42 bits per heavy atom. The monoisotopic (exact) mass is 273 g/mol. The number of benzene rings is 1. The summed E-state index contributed by atoms with van der Waals surface area (Å²) in [4.78, 5) is 12.7. The lowest BCUT2D eigenvalue weighted by atomic mass is 10.2. The van der Waals surface area contributed by atoms with Crippen molar-refractivity contribution in [2.75, 3.05) is 6.61 Å². The molecule has 96 valence electrons. The SMILES string of the molecule is CCOc1ccccc1/C=c1\sc2nncn2c1=O. The Kier molecular flexibility index (Phi) is 3.00. The third kappa shape index (κ3) is 2.10. The zero-order chi connectivity index (χ0) is 13.2. The van der Waals surface area contributed by atoms with E-state index in [4.69, 9.17) is 4.74 Å². The van der Waals surface area contributed by atoms with Crippen LogP contribution in [0, 0.1) is 0 Å². The van der Waals surface area contributed by atoms with E-state index in [1.165, 1.54) is 22.1 Å². The van der Waals surface area contributed by atoms with Gasteiger partial charge in [0.15, 0.2) is 0 Å². The lowest BCUT2D eigenvalue weighted by molar-refractivity contribution is 0.339. The summed E-state index contributed by atoms with van der Waals surface area (Å²) in [5.41, 5.74) is 0.787. The number of nitrogens with zero attached hydrogens (tertiary/aromatic N) is 3. The van der Waals surface area contributed by atoms with Crippen LogP contribution < -0.4 is 14.8 Å². The molecule has 0 bridgehead atoms. The number of fused-ring (bicyclic) bond motifs is 1. The molecule has 19 heavy (non-hydrogen) atoms. The Hall–Kier alpha value is -2.21. The van der Waals surface area contributed by atoms with E-state index in [-0.39, 0.29) is 5.56 Å². The highest BCUT2D eigenvalue weighted by atomic mass is 32.1. The van der Waals surface area contributed by atoms with Crippen molar-refractivity contribution in [3.05, 3.63) is 51.0 Å². The zero-order valence-corrected chi connectivity index (χ0v) is 11.1. The number of hydrogen-bond donors (Lipinski definition) is 0. The number of aromatic nitrogens is 3. The molecule has 2 aromatic heterocycles. The van der Waals surface area contributed by atoms with Crippen molar-refractivity contribution in [2.45, 2.75) is 6.92 Å². The molecule has 0 fully saturated rings. The molecule has 0 radical (unpaired) electrons. The van der Waals surface area contributed by atoms with Gasteiger partial charge in [0, 0.05) is 5.56 Å². The Morgan fingerprint density at radius 3 is 3.05 bits per heavy atom. The molecule has 0 aliphatic carbocycles. The molecular formula is C13H11N3O2S. The molecule has 0 atom stereocenters. The van der Waals surface area contributed by atoms with Crippen LogP contribution in [0.5, 0.6) is 5.75 Å². The van der Waals surface area contributed by atoms with E-state index in [1.54, 1.807) is 0 Å². The fourth-order valence-corrected chi connectivity index (χ4v) is 2.70. The minimum atomic E-state index is -0.101. The molecule has 0 unspecified atom stereocenters. The van der Waals surface area contributed by atoms with Gasteiger partial charge in [-0.05, 0) is 19.1 Å². The average Bonchev–Trinajstić information content (AvgIpc) is 2.97. The molecule has 0 aliphatic rings. The van der Waals surface area contributed by atoms with Gasteiger partial charge in [-0.3, -0.25) is 4.79 Å². The van der Waals surface area contributed by atoms with Gasteiger partial charge in [0.2, 0.25) is 4.96 Å². The maximum absolute atomic E-state index is 12.1. The largest absolute Gasteiger partial charge is 0.493 e. The second kappa shape index (κ2) is 4.81. The number of para-hydroxylation sites is 1. The predicted octanol–water partition coefficient (Wildman–Crippen LogP) is 1.10. The van der Waals surface area contributed by atoms with Gasteiger partial charge in [-0.15, -0.1) is 10.2 Å². The molecule has 3 aromatic rings. The van der Waals surface area contributed by atoms with E-state index in [2.05, 4.69) is 10.2 Å². The molecule has 0 aliphatic heterocycles. The highest BCUT2D eigenvalue weighted by Gasteiger charge is 2.06. The second-order valence-corrected chi connectivity index (χ2v) is 4.88. The normalized spacial score (nSPS) is 12.2. The number of ether oxygens (including phenoxy) is 1. The van der Waals surface area contributed by atoms with E-state index in [0.717, 1.165) is 11.3 Å². The number of rotatable bonds is 3. The minimum Gasteiger partial charge on any atom is -0.493 e. The zero-order valence-electron chi connectivity index (χ0n) is 10.2. The standard InChI is InChI=1S/C13H11N3O2S/c1-2-18-10-6-4-3-5-9(10)7-11-12(17)16-8-14-15-13(16)19-11/h3-8H,2H2,1H3/b11-7-. The van der Waals surface area contributed by atoms with Crippen LogP contribution in [-0.4, -0.2) is 21.2 Å². The lowest BCUT2D eigenvalue weighted by Crippen LogP contribution is -2.22. The maximum Gasteiger partial charge on any atom is 0.275 e. The van der Waals surface area contributed by atoms with Gasteiger partial charge < -0.3 is 4.74 Å². The molecule has 0 saturated heterocycles. The molecular weight excluding hydrogens is 262 g/mol.